The molecule has 1 N–H and O–H groups in total. The van der Waals surface area contributed by atoms with Crippen molar-refractivity contribution in [2.45, 2.75) is 13.5 Å². The van der Waals surface area contributed by atoms with Crippen molar-refractivity contribution in [2.75, 3.05) is 19.8 Å². The molecule has 3 heterocycles. The molecule has 2 aromatic heterocycles. The van der Waals surface area contributed by atoms with E-state index in [9.17, 15) is 9.59 Å². The number of carbonyl (C=O) groups excluding carboxylic acids is 1. The van der Waals surface area contributed by atoms with E-state index in [0.29, 0.717) is 42.1 Å². The van der Waals surface area contributed by atoms with Gasteiger partial charge in [-0.15, -0.1) is 0 Å². The molecular formula is C28H25N3O5S. The van der Waals surface area contributed by atoms with Gasteiger partial charge in [0.05, 0.1) is 30.3 Å². The predicted molar refractivity (Wildman–Crippen MR) is 144 cm³/mol. The first kappa shape index (κ1) is 24.6. The lowest BCUT2D eigenvalue weighted by Crippen LogP contribution is -2.32. The fourth-order valence-electron chi connectivity index (χ4n) is 4.11. The number of aromatic carboxylic acids is 1. The van der Waals surface area contributed by atoms with E-state index < -0.39 is 5.97 Å². The number of para-hydroxylation sites is 2. The van der Waals surface area contributed by atoms with Crippen LogP contribution in [0.3, 0.4) is 0 Å². The van der Waals surface area contributed by atoms with Crippen molar-refractivity contribution in [3.8, 4) is 0 Å². The van der Waals surface area contributed by atoms with Crippen LogP contribution in [0.25, 0.3) is 17.0 Å². The Morgan fingerprint density at radius 2 is 1.89 bits per heavy atom. The van der Waals surface area contributed by atoms with Crippen molar-refractivity contribution in [1.29, 1.82) is 0 Å². The van der Waals surface area contributed by atoms with E-state index in [1.807, 2.05) is 78.4 Å². The largest absolute Gasteiger partial charge is 0.475 e. The van der Waals surface area contributed by atoms with Gasteiger partial charge in [0.1, 0.15) is 5.76 Å². The van der Waals surface area contributed by atoms with Crippen LogP contribution in [0.4, 0.5) is 5.69 Å². The van der Waals surface area contributed by atoms with Crippen LogP contribution in [-0.2, 0) is 16.1 Å². The molecule has 2 aromatic carbocycles. The van der Waals surface area contributed by atoms with Crippen molar-refractivity contribution in [2.24, 2.45) is 4.99 Å². The number of benzene rings is 2. The summed E-state index contributed by atoms with van der Waals surface area (Å²) in [6, 6.07) is 20.5. The number of carbonyl (C=O) groups is 2. The zero-order valence-electron chi connectivity index (χ0n) is 20.2. The third-order valence-corrected chi connectivity index (χ3v) is 6.84. The third-order valence-electron chi connectivity index (χ3n) is 5.84. The number of hydrogen-bond acceptors (Lipinski definition) is 6. The second kappa shape index (κ2) is 10.9. The molecule has 0 aliphatic carbocycles. The van der Waals surface area contributed by atoms with Gasteiger partial charge in [0.2, 0.25) is 5.76 Å². The standard InChI is InChI=1S/C28H25N3O5S/c1-2-35-15-14-31-26(32)25(37-28(31)29-20-8-4-3-5-9-20)16-19-17-30(23-11-7-6-10-22(19)23)18-21-12-13-24(36-21)27(33)34/h3-13,16-17H,2,14-15,18H2,1H3,(H,33,34)/b25-16-,29-28?. The zero-order chi connectivity index (χ0) is 25.8. The minimum atomic E-state index is -1.10. The number of furan rings is 1. The van der Waals surface area contributed by atoms with E-state index in [4.69, 9.17) is 19.3 Å². The summed E-state index contributed by atoms with van der Waals surface area (Å²) < 4.78 is 13.0. The van der Waals surface area contributed by atoms with Crippen LogP contribution >= 0.6 is 11.8 Å². The van der Waals surface area contributed by atoms with Crippen molar-refractivity contribution in [3.63, 3.8) is 0 Å². The summed E-state index contributed by atoms with van der Waals surface area (Å²) in [5.41, 5.74) is 2.60. The fourth-order valence-corrected chi connectivity index (χ4v) is 5.13. The number of fused-ring (bicyclic) bond motifs is 1. The van der Waals surface area contributed by atoms with E-state index in [1.54, 1.807) is 11.0 Å². The summed E-state index contributed by atoms with van der Waals surface area (Å²) in [5.74, 6) is -0.789. The van der Waals surface area contributed by atoms with Gasteiger partial charge < -0.3 is 18.8 Å². The first-order valence-corrected chi connectivity index (χ1v) is 12.7. The Kier molecular flexibility index (Phi) is 7.25. The number of thioether (sulfide) groups is 1. The Bertz CT molecular complexity index is 1500. The number of aromatic nitrogens is 1. The molecule has 9 heteroatoms. The van der Waals surface area contributed by atoms with Crippen LogP contribution in [0.1, 0.15) is 28.8 Å². The number of amidine groups is 1. The molecule has 0 unspecified atom stereocenters. The van der Waals surface area contributed by atoms with E-state index in [-0.39, 0.29) is 11.7 Å². The topological polar surface area (TPSA) is 97.3 Å². The summed E-state index contributed by atoms with van der Waals surface area (Å²) in [7, 11) is 0. The number of amides is 1. The molecule has 188 valence electrons. The fraction of sp³-hybridized carbons (Fsp3) is 0.179. The predicted octanol–water partition coefficient (Wildman–Crippen LogP) is 5.62. The Morgan fingerprint density at radius 3 is 2.65 bits per heavy atom. The second-order valence-corrected chi connectivity index (χ2v) is 9.30. The first-order chi connectivity index (χ1) is 18.0. The second-order valence-electron chi connectivity index (χ2n) is 8.29. The molecule has 0 radical (unpaired) electrons. The Morgan fingerprint density at radius 1 is 1.11 bits per heavy atom. The molecule has 1 aliphatic rings. The lowest BCUT2D eigenvalue weighted by atomic mass is 10.1. The normalized spacial score (nSPS) is 15.9. The Hall–Kier alpha value is -4.08. The highest BCUT2D eigenvalue weighted by atomic mass is 32.2. The number of ether oxygens (including phenoxy) is 1. The molecule has 1 amide bonds. The molecule has 8 nitrogen and oxygen atoms in total. The molecule has 4 aromatic rings. The smallest absolute Gasteiger partial charge is 0.371 e. The third kappa shape index (κ3) is 5.37. The van der Waals surface area contributed by atoms with Gasteiger partial charge in [-0.2, -0.15) is 0 Å². The minimum absolute atomic E-state index is 0.0980. The number of aliphatic imine (C=N–C) groups is 1. The summed E-state index contributed by atoms with van der Waals surface area (Å²) in [5, 5.41) is 10.8. The number of rotatable bonds is 9. The van der Waals surface area contributed by atoms with Crippen molar-refractivity contribution >= 4 is 51.5 Å². The quantitative estimate of drug-likeness (QED) is 0.230. The number of hydrogen-bond donors (Lipinski definition) is 1. The van der Waals surface area contributed by atoms with Gasteiger partial charge >= 0.3 is 5.97 Å². The zero-order valence-corrected chi connectivity index (χ0v) is 21.0. The monoisotopic (exact) mass is 515 g/mol. The van der Waals surface area contributed by atoms with E-state index in [0.717, 1.165) is 22.2 Å². The maximum Gasteiger partial charge on any atom is 0.371 e. The van der Waals surface area contributed by atoms with Gasteiger partial charge in [-0.25, -0.2) is 9.79 Å². The summed E-state index contributed by atoms with van der Waals surface area (Å²) in [6.45, 7) is 3.69. The van der Waals surface area contributed by atoms with E-state index in [2.05, 4.69) is 0 Å². The summed E-state index contributed by atoms with van der Waals surface area (Å²) >= 11 is 1.34. The average Bonchev–Trinajstić information content (AvgIpc) is 3.59. The van der Waals surface area contributed by atoms with Crippen LogP contribution in [0.15, 0.2) is 87.2 Å². The van der Waals surface area contributed by atoms with Crippen molar-refractivity contribution < 1.29 is 23.8 Å². The highest BCUT2D eigenvalue weighted by molar-refractivity contribution is 8.18. The van der Waals surface area contributed by atoms with Gasteiger partial charge in [-0.3, -0.25) is 9.69 Å². The molecule has 1 saturated heterocycles. The molecule has 5 rings (SSSR count). The average molecular weight is 516 g/mol. The van der Waals surface area contributed by atoms with Gasteiger partial charge in [0, 0.05) is 29.3 Å². The molecular weight excluding hydrogens is 490 g/mol. The molecule has 1 fully saturated rings. The van der Waals surface area contributed by atoms with Crippen LogP contribution in [0, 0.1) is 0 Å². The van der Waals surface area contributed by atoms with Gasteiger partial charge in [0.25, 0.3) is 5.91 Å². The van der Waals surface area contributed by atoms with Crippen LogP contribution < -0.4 is 0 Å². The number of carboxylic acid groups (broad SMARTS) is 1. The van der Waals surface area contributed by atoms with Gasteiger partial charge in [0.15, 0.2) is 5.17 Å². The van der Waals surface area contributed by atoms with Crippen molar-refractivity contribution in [3.05, 3.63) is 94.9 Å². The maximum absolute atomic E-state index is 13.4. The first-order valence-electron chi connectivity index (χ1n) is 11.9. The summed E-state index contributed by atoms with van der Waals surface area (Å²) in [6.07, 6.45) is 3.84. The van der Waals surface area contributed by atoms with Gasteiger partial charge in [-0.05, 0) is 55.1 Å². The van der Waals surface area contributed by atoms with Crippen LogP contribution in [-0.4, -0.2) is 51.4 Å². The molecule has 0 saturated carbocycles. The number of carboxylic acids is 1. The van der Waals surface area contributed by atoms with Gasteiger partial charge in [-0.1, -0.05) is 36.4 Å². The summed E-state index contributed by atoms with van der Waals surface area (Å²) in [4.78, 5) is 31.6. The lowest BCUT2D eigenvalue weighted by Gasteiger charge is -2.15. The Balaban J connectivity index is 1.49. The van der Waals surface area contributed by atoms with Crippen LogP contribution in [0.5, 0.6) is 0 Å². The van der Waals surface area contributed by atoms with E-state index in [1.165, 1.54) is 17.8 Å². The molecule has 0 bridgehead atoms. The highest BCUT2D eigenvalue weighted by Gasteiger charge is 2.33. The maximum atomic E-state index is 13.4. The number of nitrogens with zero attached hydrogens (tertiary/aromatic N) is 3. The lowest BCUT2D eigenvalue weighted by molar-refractivity contribution is -0.122. The van der Waals surface area contributed by atoms with Crippen molar-refractivity contribution in [1.82, 2.24) is 9.47 Å². The van der Waals surface area contributed by atoms with E-state index >= 15 is 0 Å². The minimum Gasteiger partial charge on any atom is -0.475 e. The molecule has 0 atom stereocenters. The molecule has 37 heavy (non-hydrogen) atoms. The molecule has 0 spiro atoms. The van der Waals surface area contributed by atoms with Crippen LogP contribution in [0.2, 0.25) is 0 Å². The Labute approximate surface area is 217 Å². The highest BCUT2D eigenvalue weighted by Crippen LogP contribution is 2.35. The SMILES string of the molecule is CCOCCN1C(=O)/C(=C/c2cn(Cc3ccc(C(=O)O)o3)c3ccccc23)SC1=Nc1ccccc1. The molecule has 1 aliphatic heterocycles.